The van der Waals surface area contributed by atoms with Gasteiger partial charge < -0.3 is 18.9 Å². The predicted octanol–water partition coefficient (Wildman–Crippen LogP) is 6.83. The van der Waals surface area contributed by atoms with E-state index in [1.807, 2.05) is 6.20 Å². The molecule has 6 nitrogen and oxygen atoms in total. The zero-order valence-electron chi connectivity index (χ0n) is 19.4. The molecule has 0 amide bonds. The van der Waals surface area contributed by atoms with Gasteiger partial charge in [-0.2, -0.15) is 0 Å². The quantitative estimate of drug-likeness (QED) is 0.273. The second-order valence-electron chi connectivity index (χ2n) is 9.72. The van der Waals surface area contributed by atoms with Gasteiger partial charge in [0.25, 0.3) is 0 Å². The lowest BCUT2D eigenvalue weighted by Crippen LogP contribution is -2.46. The van der Waals surface area contributed by atoms with E-state index in [0.717, 1.165) is 59.2 Å². The van der Waals surface area contributed by atoms with Crippen LogP contribution in [0.4, 0.5) is 19.0 Å². The molecular formula is C26H25F3IN3O3. The van der Waals surface area contributed by atoms with Crippen LogP contribution in [0.2, 0.25) is 0 Å². The Morgan fingerprint density at radius 3 is 2.44 bits per heavy atom. The van der Waals surface area contributed by atoms with Crippen molar-refractivity contribution in [3.63, 3.8) is 0 Å². The molecule has 0 N–H and O–H groups in total. The van der Waals surface area contributed by atoms with Crippen LogP contribution in [0.1, 0.15) is 55.8 Å². The van der Waals surface area contributed by atoms with Crippen molar-refractivity contribution in [2.75, 3.05) is 4.90 Å². The van der Waals surface area contributed by atoms with Gasteiger partial charge >= 0.3 is 6.36 Å². The van der Waals surface area contributed by atoms with Crippen LogP contribution in [0.25, 0.3) is 11.3 Å². The minimum Gasteiger partial charge on any atom is -0.405 e. The number of fused-ring (bicyclic) bond motifs is 2. The van der Waals surface area contributed by atoms with Gasteiger partial charge in [-0.1, -0.05) is 17.3 Å². The number of hydrogen-bond donors (Lipinski definition) is 0. The van der Waals surface area contributed by atoms with E-state index in [1.165, 1.54) is 12.1 Å². The van der Waals surface area contributed by atoms with E-state index in [-0.39, 0.29) is 29.9 Å². The molecule has 1 unspecified atom stereocenters. The van der Waals surface area contributed by atoms with Crippen LogP contribution in [-0.4, -0.2) is 34.7 Å². The highest BCUT2D eigenvalue weighted by Crippen LogP contribution is 2.46. The fraction of sp³-hybridized carbons (Fsp3) is 0.462. The molecule has 0 radical (unpaired) electrons. The van der Waals surface area contributed by atoms with Crippen LogP contribution in [0, 0.1) is 3.57 Å². The fourth-order valence-corrected chi connectivity index (χ4v) is 5.89. The number of nitrogens with zero attached hydrogens (tertiary/aromatic N) is 3. The number of halogens is 4. The predicted molar refractivity (Wildman–Crippen MR) is 135 cm³/mol. The first-order valence-electron chi connectivity index (χ1n) is 12.2. The minimum absolute atomic E-state index is 0.0547. The van der Waals surface area contributed by atoms with E-state index in [4.69, 9.17) is 9.26 Å². The van der Waals surface area contributed by atoms with E-state index < -0.39 is 6.36 Å². The molecule has 3 atom stereocenters. The van der Waals surface area contributed by atoms with Gasteiger partial charge in [0.15, 0.2) is 0 Å². The van der Waals surface area contributed by atoms with Crippen molar-refractivity contribution >= 4 is 28.4 Å². The maximum absolute atomic E-state index is 13.0. The van der Waals surface area contributed by atoms with E-state index in [9.17, 15) is 13.2 Å². The number of rotatable bonds is 7. The van der Waals surface area contributed by atoms with Crippen LogP contribution < -0.4 is 9.64 Å². The molecule has 3 aliphatic rings. The summed E-state index contributed by atoms with van der Waals surface area (Å²) < 4.78 is 56.5. The van der Waals surface area contributed by atoms with Crippen LogP contribution in [0.5, 0.6) is 5.75 Å². The summed E-state index contributed by atoms with van der Waals surface area (Å²) in [5.74, 6) is 1.68. The largest absolute Gasteiger partial charge is 0.573 e. The first-order chi connectivity index (χ1) is 17.4. The number of hydrogen-bond acceptors (Lipinski definition) is 6. The lowest BCUT2D eigenvalue weighted by molar-refractivity contribution is -0.274. The second-order valence-corrected chi connectivity index (χ2v) is 11.0. The zero-order valence-corrected chi connectivity index (χ0v) is 21.5. The normalized spacial score (nSPS) is 23.8. The van der Waals surface area contributed by atoms with Gasteiger partial charge in [0.05, 0.1) is 12.7 Å². The van der Waals surface area contributed by atoms with Crippen molar-refractivity contribution in [2.24, 2.45) is 0 Å². The summed E-state index contributed by atoms with van der Waals surface area (Å²) in [6, 6.07) is 10.9. The molecule has 1 saturated carbocycles. The molecule has 1 aromatic carbocycles. The topological polar surface area (TPSA) is 60.6 Å². The summed E-state index contributed by atoms with van der Waals surface area (Å²) in [4.78, 5) is 7.07. The van der Waals surface area contributed by atoms with E-state index >= 15 is 0 Å². The first-order valence-corrected chi connectivity index (χ1v) is 13.3. The molecule has 6 rings (SSSR count). The van der Waals surface area contributed by atoms with Crippen molar-refractivity contribution in [3.8, 4) is 17.0 Å². The molecule has 3 aromatic rings. The Morgan fingerprint density at radius 1 is 1.03 bits per heavy atom. The monoisotopic (exact) mass is 611 g/mol. The summed E-state index contributed by atoms with van der Waals surface area (Å²) >= 11 is 2.26. The fourth-order valence-electron chi connectivity index (χ4n) is 5.57. The summed E-state index contributed by atoms with van der Waals surface area (Å²) in [6.07, 6.45) is 3.09. The molecule has 2 saturated heterocycles. The smallest absolute Gasteiger partial charge is 0.405 e. The molecule has 10 heteroatoms. The lowest BCUT2D eigenvalue weighted by Gasteiger charge is -2.39. The second kappa shape index (κ2) is 9.51. The summed E-state index contributed by atoms with van der Waals surface area (Å²) in [6.45, 7) is 0.247. The number of pyridine rings is 1. The number of alkyl halides is 3. The third-order valence-electron chi connectivity index (χ3n) is 7.26. The number of aromatic nitrogens is 2. The number of ether oxygens (including phenoxy) is 2. The summed E-state index contributed by atoms with van der Waals surface area (Å²) in [5, 5.41) is 4.18. The molecule has 4 heterocycles. The lowest BCUT2D eigenvalue weighted by atomic mass is 9.99. The highest BCUT2D eigenvalue weighted by atomic mass is 127. The van der Waals surface area contributed by atoms with Gasteiger partial charge in [-0.05, 0) is 85.4 Å². The Hall–Kier alpha value is -2.34. The number of benzene rings is 1. The maximum Gasteiger partial charge on any atom is 0.573 e. The Kier molecular flexibility index (Phi) is 6.35. The Bertz CT molecular complexity index is 1220. The first kappa shape index (κ1) is 24.0. The molecule has 1 aliphatic carbocycles. The van der Waals surface area contributed by atoms with Gasteiger partial charge in [-0.15, -0.1) is 13.2 Å². The van der Waals surface area contributed by atoms with E-state index in [0.29, 0.717) is 17.8 Å². The van der Waals surface area contributed by atoms with Crippen LogP contribution >= 0.6 is 22.6 Å². The SMILES string of the molecule is FC(F)(F)Oc1ccccc1-c1noc(C2CC2)c1COC1C[C@H]2CC[C@@H](C1)N2c1ccc(I)cn1. The maximum atomic E-state index is 13.0. The van der Waals surface area contributed by atoms with Gasteiger partial charge in [0, 0.05) is 38.9 Å². The Labute approximate surface area is 220 Å². The highest BCUT2D eigenvalue weighted by Gasteiger charge is 2.42. The molecule has 190 valence electrons. The molecule has 2 bridgehead atoms. The van der Waals surface area contributed by atoms with E-state index in [1.54, 1.807) is 12.1 Å². The van der Waals surface area contributed by atoms with Gasteiger partial charge in [-0.25, -0.2) is 4.98 Å². The van der Waals surface area contributed by atoms with E-state index in [2.05, 4.69) is 54.5 Å². The minimum atomic E-state index is -4.80. The molecule has 2 aromatic heterocycles. The molecular weight excluding hydrogens is 586 g/mol. The Balaban J connectivity index is 1.21. The van der Waals surface area contributed by atoms with Crippen molar-refractivity contribution in [1.29, 1.82) is 0 Å². The van der Waals surface area contributed by atoms with Gasteiger partial charge in [-0.3, -0.25) is 0 Å². The number of para-hydroxylation sites is 1. The standard InChI is InChI=1S/C26H25F3IN3O3/c27-26(28,29)35-22-4-2-1-3-20(22)24-21(25(36-32-24)15-5-6-15)14-34-19-11-17-8-9-18(12-19)33(17)23-10-7-16(30)13-31-23/h1-4,7,10,13,15,17-19H,5-6,8-9,11-12,14H2/t17-,18+,19?. The van der Waals surface area contributed by atoms with Crippen molar-refractivity contribution < 1.29 is 27.2 Å². The zero-order chi connectivity index (χ0) is 24.9. The van der Waals surface area contributed by atoms with Gasteiger partial charge in [0.2, 0.25) is 0 Å². The molecule has 2 aliphatic heterocycles. The number of anilines is 1. The van der Waals surface area contributed by atoms with Crippen molar-refractivity contribution in [1.82, 2.24) is 10.1 Å². The third kappa shape index (κ3) is 4.93. The van der Waals surface area contributed by atoms with Crippen LogP contribution in [0.15, 0.2) is 47.1 Å². The van der Waals surface area contributed by atoms with Crippen molar-refractivity contribution in [2.45, 2.75) is 75.6 Å². The van der Waals surface area contributed by atoms with Gasteiger partial charge in [0.1, 0.15) is 23.0 Å². The summed E-state index contributed by atoms with van der Waals surface area (Å²) in [5.41, 5.74) is 1.34. The van der Waals surface area contributed by atoms with Crippen LogP contribution in [0.3, 0.4) is 0 Å². The molecule has 0 spiro atoms. The third-order valence-corrected chi connectivity index (χ3v) is 7.90. The molecule has 3 fully saturated rings. The average molecular weight is 611 g/mol. The highest BCUT2D eigenvalue weighted by molar-refractivity contribution is 14.1. The summed E-state index contributed by atoms with van der Waals surface area (Å²) in [7, 11) is 0. The van der Waals surface area contributed by atoms with Crippen LogP contribution in [-0.2, 0) is 11.3 Å². The van der Waals surface area contributed by atoms with Crippen molar-refractivity contribution in [3.05, 3.63) is 57.5 Å². The average Bonchev–Trinajstić information content (AvgIpc) is 3.54. The molecule has 36 heavy (non-hydrogen) atoms. The Morgan fingerprint density at radius 2 is 1.78 bits per heavy atom. The number of piperidine rings is 1.